The zero-order chi connectivity index (χ0) is 14.3. The standard InChI is InChI=1S/C17H36N2/c1-6-16-8-7-10-19(11-9-16)14-17(4,5)13-18-12-15(2)3/h15-16,18H,6-14H2,1-5H3. The van der Waals surface area contributed by atoms with Gasteiger partial charge in [0.2, 0.25) is 0 Å². The predicted molar refractivity (Wildman–Crippen MR) is 85.6 cm³/mol. The first kappa shape index (κ1) is 17.0. The summed E-state index contributed by atoms with van der Waals surface area (Å²) < 4.78 is 0. The maximum Gasteiger partial charge on any atom is 0.00448 e. The molecular formula is C17H36N2. The molecule has 0 amide bonds. The lowest BCUT2D eigenvalue weighted by atomic mass is 9.92. The lowest BCUT2D eigenvalue weighted by Gasteiger charge is -2.32. The minimum Gasteiger partial charge on any atom is -0.316 e. The van der Waals surface area contributed by atoms with E-state index in [-0.39, 0.29) is 0 Å². The van der Waals surface area contributed by atoms with E-state index >= 15 is 0 Å². The van der Waals surface area contributed by atoms with Gasteiger partial charge in [0.1, 0.15) is 0 Å². The van der Waals surface area contributed by atoms with Crippen molar-refractivity contribution in [3.63, 3.8) is 0 Å². The summed E-state index contributed by atoms with van der Waals surface area (Å²) in [5, 5.41) is 3.62. The van der Waals surface area contributed by atoms with Crippen molar-refractivity contribution in [3.05, 3.63) is 0 Å². The smallest absolute Gasteiger partial charge is 0.00448 e. The van der Waals surface area contributed by atoms with Crippen molar-refractivity contribution in [1.82, 2.24) is 10.2 Å². The second-order valence-corrected chi connectivity index (χ2v) is 7.67. The Kier molecular flexibility index (Phi) is 7.38. The van der Waals surface area contributed by atoms with Crippen molar-refractivity contribution in [3.8, 4) is 0 Å². The number of nitrogens with zero attached hydrogens (tertiary/aromatic N) is 1. The van der Waals surface area contributed by atoms with Crippen molar-refractivity contribution in [2.24, 2.45) is 17.3 Å². The molecule has 1 unspecified atom stereocenters. The van der Waals surface area contributed by atoms with Crippen LogP contribution in [0.3, 0.4) is 0 Å². The van der Waals surface area contributed by atoms with Gasteiger partial charge in [0, 0.05) is 13.1 Å². The average molecular weight is 268 g/mol. The van der Waals surface area contributed by atoms with Gasteiger partial charge in [-0.25, -0.2) is 0 Å². The molecule has 1 aliphatic heterocycles. The zero-order valence-electron chi connectivity index (χ0n) is 14.0. The fourth-order valence-electron chi connectivity index (χ4n) is 3.15. The van der Waals surface area contributed by atoms with E-state index in [1.165, 1.54) is 45.3 Å². The van der Waals surface area contributed by atoms with Crippen molar-refractivity contribution < 1.29 is 0 Å². The first-order chi connectivity index (χ1) is 8.93. The topological polar surface area (TPSA) is 15.3 Å². The van der Waals surface area contributed by atoms with Crippen LogP contribution >= 0.6 is 0 Å². The van der Waals surface area contributed by atoms with E-state index in [9.17, 15) is 0 Å². The normalized spacial score (nSPS) is 22.7. The van der Waals surface area contributed by atoms with Gasteiger partial charge in [-0.2, -0.15) is 0 Å². The lowest BCUT2D eigenvalue weighted by molar-refractivity contribution is 0.176. The highest BCUT2D eigenvalue weighted by Gasteiger charge is 2.23. The fourth-order valence-corrected chi connectivity index (χ4v) is 3.15. The quantitative estimate of drug-likeness (QED) is 0.756. The predicted octanol–water partition coefficient (Wildman–Crippen LogP) is 3.77. The molecule has 0 aromatic carbocycles. The van der Waals surface area contributed by atoms with Crippen molar-refractivity contribution in [1.29, 1.82) is 0 Å². The van der Waals surface area contributed by atoms with Crippen LogP contribution < -0.4 is 5.32 Å². The lowest BCUT2D eigenvalue weighted by Crippen LogP contribution is -2.41. The first-order valence-corrected chi connectivity index (χ1v) is 8.36. The third-order valence-corrected chi connectivity index (χ3v) is 4.33. The average Bonchev–Trinajstić information content (AvgIpc) is 2.52. The van der Waals surface area contributed by atoms with E-state index in [1.54, 1.807) is 0 Å². The molecular weight excluding hydrogens is 232 g/mol. The number of hydrogen-bond donors (Lipinski definition) is 1. The zero-order valence-corrected chi connectivity index (χ0v) is 14.0. The Bertz CT molecular complexity index is 235. The summed E-state index contributed by atoms with van der Waals surface area (Å²) in [7, 11) is 0. The maximum absolute atomic E-state index is 3.62. The van der Waals surface area contributed by atoms with Gasteiger partial charge in [-0.15, -0.1) is 0 Å². The largest absolute Gasteiger partial charge is 0.316 e. The second-order valence-electron chi connectivity index (χ2n) is 7.67. The molecule has 1 N–H and O–H groups in total. The summed E-state index contributed by atoms with van der Waals surface area (Å²) in [6, 6.07) is 0. The van der Waals surface area contributed by atoms with E-state index in [4.69, 9.17) is 0 Å². The molecule has 0 spiro atoms. The minimum atomic E-state index is 0.390. The molecule has 1 fully saturated rings. The molecule has 0 radical (unpaired) electrons. The van der Waals surface area contributed by atoms with E-state index in [0.717, 1.165) is 24.9 Å². The number of rotatable bonds is 7. The van der Waals surface area contributed by atoms with Crippen LogP contribution in [0.1, 0.15) is 60.3 Å². The van der Waals surface area contributed by atoms with E-state index in [1.807, 2.05) is 0 Å². The van der Waals surface area contributed by atoms with Crippen LogP contribution in [0.4, 0.5) is 0 Å². The highest BCUT2D eigenvalue weighted by Crippen LogP contribution is 2.23. The molecule has 1 heterocycles. The Morgan fingerprint density at radius 2 is 1.95 bits per heavy atom. The summed E-state index contributed by atoms with van der Waals surface area (Å²) in [5.41, 5.74) is 0.390. The molecule has 0 saturated carbocycles. The van der Waals surface area contributed by atoms with Crippen molar-refractivity contribution >= 4 is 0 Å². The van der Waals surface area contributed by atoms with Crippen LogP contribution in [0.15, 0.2) is 0 Å². The van der Waals surface area contributed by atoms with E-state index in [2.05, 4.69) is 44.8 Å². The van der Waals surface area contributed by atoms with Gasteiger partial charge < -0.3 is 10.2 Å². The molecule has 1 aliphatic rings. The molecule has 1 rings (SSSR count). The van der Waals surface area contributed by atoms with Crippen LogP contribution in [-0.2, 0) is 0 Å². The molecule has 114 valence electrons. The minimum absolute atomic E-state index is 0.390. The van der Waals surface area contributed by atoms with Crippen LogP contribution in [0.2, 0.25) is 0 Å². The molecule has 0 aromatic rings. The number of hydrogen-bond acceptors (Lipinski definition) is 2. The van der Waals surface area contributed by atoms with Crippen LogP contribution in [-0.4, -0.2) is 37.6 Å². The maximum atomic E-state index is 3.62. The Morgan fingerprint density at radius 1 is 1.21 bits per heavy atom. The highest BCUT2D eigenvalue weighted by atomic mass is 15.1. The van der Waals surface area contributed by atoms with Crippen molar-refractivity contribution in [2.75, 3.05) is 32.7 Å². The first-order valence-electron chi connectivity index (χ1n) is 8.36. The third-order valence-electron chi connectivity index (χ3n) is 4.33. The van der Waals surface area contributed by atoms with E-state index in [0.29, 0.717) is 5.41 Å². The summed E-state index contributed by atoms with van der Waals surface area (Å²) in [6.45, 7) is 17.9. The fraction of sp³-hybridized carbons (Fsp3) is 1.00. The summed E-state index contributed by atoms with van der Waals surface area (Å²) >= 11 is 0. The Balaban J connectivity index is 2.31. The SMILES string of the molecule is CCC1CCCN(CC(C)(C)CNCC(C)C)CC1. The summed E-state index contributed by atoms with van der Waals surface area (Å²) in [5.74, 6) is 1.73. The summed E-state index contributed by atoms with van der Waals surface area (Å²) in [4.78, 5) is 2.70. The Hall–Kier alpha value is -0.0800. The van der Waals surface area contributed by atoms with Gasteiger partial charge >= 0.3 is 0 Å². The third kappa shape index (κ3) is 7.31. The van der Waals surface area contributed by atoms with Gasteiger partial charge in [-0.3, -0.25) is 0 Å². The van der Waals surface area contributed by atoms with Gasteiger partial charge in [0.05, 0.1) is 0 Å². The Labute approximate surface area is 121 Å². The summed E-state index contributed by atoms with van der Waals surface area (Å²) in [6.07, 6.45) is 5.62. The molecule has 0 aromatic heterocycles. The Morgan fingerprint density at radius 3 is 2.58 bits per heavy atom. The monoisotopic (exact) mass is 268 g/mol. The molecule has 0 bridgehead atoms. The van der Waals surface area contributed by atoms with Crippen LogP contribution in [0, 0.1) is 17.3 Å². The van der Waals surface area contributed by atoms with Gasteiger partial charge in [0.25, 0.3) is 0 Å². The van der Waals surface area contributed by atoms with Gasteiger partial charge in [-0.1, -0.05) is 41.0 Å². The van der Waals surface area contributed by atoms with Gasteiger partial charge in [-0.05, 0) is 56.1 Å². The molecule has 1 saturated heterocycles. The molecule has 2 heteroatoms. The van der Waals surface area contributed by atoms with Crippen LogP contribution in [0.25, 0.3) is 0 Å². The molecule has 2 nitrogen and oxygen atoms in total. The number of likely N-dealkylation sites (tertiary alicyclic amines) is 1. The van der Waals surface area contributed by atoms with Crippen LogP contribution in [0.5, 0.6) is 0 Å². The molecule has 0 aliphatic carbocycles. The second kappa shape index (κ2) is 8.26. The highest BCUT2D eigenvalue weighted by molar-refractivity contribution is 4.79. The van der Waals surface area contributed by atoms with E-state index < -0.39 is 0 Å². The molecule has 19 heavy (non-hydrogen) atoms. The molecule has 1 atom stereocenters. The van der Waals surface area contributed by atoms with Crippen molar-refractivity contribution in [2.45, 2.75) is 60.3 Å². The number of nitrogens with one attached hydrogen (secondary N) is 1. The van der Waals surface area contributed by atoms with Gasteiger partial charge in [0.15, 0.2) is 0 Å².